The summed E-state index contributed by atoms with van der Waals surface area (Å²) < 4.78 is 18.9. The lowest BCUT2D eigenvalue weighted by Crippen LogP contribution is -2.44. The average molecular weight is 472 g/mol. The fourth-order valence-corrected chi connectivity index (χ4v) is 4.13. The molecule has 3 aromatic rings. The molecule has 1 aliphatic heterocycles. The summed E-state index contributed by atoms with van der Waals surface area (Å²) in [6.45, 7) is 3.55. The van der Waals surface area contributed by atoms with Crippen LogP contribution in [0.5, 0.6) is 0 Å². The molecule has 2 N–H and O–H groups in total. The Morgan fingerprint density at radius 3 is 2.64 bits per heavy atom. The van der Waals surface area contributed by atoms with Crippen LogP contribution in [0.4, 0.5) is 10.1 Å². The lowest BCUT2D eigenvalue weighted by atomic mass is 10.0. The van der Waals surface area contributed by atoms with E-state index in [4.69, 9.17) is 16.0 Å². The molecule has 1 aliphatic rings. The SMILES string of the molecule is CC(=O)Nc1ccc(Cl)c(CN2CCC(NC(=O)c3cc(=O)c4ccc(F)cc4o3)CC2)c1. The van der Waals surface area contributed by atoms with Crippen molar-refractivity contribution in [3.63, 3.8) is 0 Å². The molecular formula is C24H23ClFN3O4. The monoisotopic (exact) mass is 471 g/mol. The van der Waals surface area contributed by atoms with Crippen molar-refractivity contribution in [3.8, 4) is 0 Å². The van der Waals surface area contributed by atoms with E-state index < -0.39 is 17.2 Å². The van der Waals surface area contributed by atoms with Crippen LogP contribution < -0.4 is 16.1 Å². The summed E-state index contributed by atoms with van der Waals surface area (Å²) in [4.78, 5) is 38.4. The molecule has 172 valence electrons. The molecule has 0 unspecified atom stereocenters. The van der Waals surface area contributed by atoms with E-state index in [9.17, 15) is 18.8 Å². The standard InChI is InChI=1S/C24H23ClFN3O4/c1-14(30)27-18-3-5-20(25)15(10-18)13-29-8-6-17(7-9-29)28-24(32)23-12-21(31)19-4-2-16(26)11-22(19)33-23/h2-5,10-12,17H,6-9,13H2,1H3,(H,27,30)(H,28,32). The molecule has 33 heavy (non-hydrogen) atoms. The Balaban J connectivity index is 1.36. The van der Waals surface area contributed by atoms with Crippen LogP contribution >= 0.6 is 11.6 Å². The number of nitrogens with one attached hydrogen (secondary N) is 2. The van der Waals surface area contributed by atoms with Crippen LogP contribution in [-0.4, -0.2) is 35.8 Å². The van der Waals surface area contributed by atoms with Crippen LogP contribution in [0, 0.1) is 5.82 Å². The van der Waals surface area contributed by atoms with E-state index in [1.165, 1.54) is 19.1 Å². The lowest BCUT2D eigenvalue weighted by Gasteiger charge is -2.32. The van der Waals surface area contributed by atoms with E-state index >= 15 is 0 Å². The fraction of sp³-hybridized carbons (Fsp3) is 0.292. The molecule has 1 aromatic heterocycles. The van der Waals surface area contributed by atoms with Gasteiger partial charge < -0.3 is 15.1 Å². The number of fused-ring (bicyclic) bond motifs is 1. The minimum atomic E-state index is -0.543. The van der Waals surface area contributed by atoms with E-state index in [1.54, 1.807) is 12.1 Å². The summed E-state index contributed by atoms with van der Waals surface area (Å²) in [5, 5.41) is 6.51. The van der Waals surface area contributed by atoms with E-state index in [2.05, 4.69) is 15.5 Å². The molecule has 0 atom stereocenters. The van der Waals surface area contributed by atoms with Gasteiger partial charge in [-0.1, -0.05) is 11.6 Å². The molecule has 2 heterocycles. The number of benzene rings is 2. The highest BCUT2D eigenvalue weighted by atomic mass is 35.5. The number of hydrogen-bond donors (Lipinski definition) is 2. The Labute approximate surface area is 194 Å². The van der Waals surface area contributed by atoms with Gasteiger partial charge in [0.2, 0.25) is 5.91 Å². The maximum Gasteiger partial charge on any atom is 0.287 e. The first-order chi connectivity index (χ1) is 15.8. The van der Waals surface area contributed by atoms with Gasteiger partial charge in [0.1, 0.15) is 11.4 Å². The lowest BCUT2D eigenvalue weighted by molar-refractivity contribution is -0.114. The van der Waals surface area contributed by atoms with E-state index in [0.717, 1.165) is 30.8 Å². The molecule has 0 aliphatic carbocycles. The van der Waals surface area contributed by atoms with Crippen LogP contribution in [0.1, 0.15) is 35.9 Å². The first-order valence-electron chi connectivity index (χ1n) is 10.6. The molecule has 2 amide bonds. The zero-order valence-corrected chi connectivity index (χ0v) is 18.7. The zero-order valence-electron chi connectivity index (χ0n) is 18.0. The van der Waals surface area contributed by atoms with Gasteiger partial charge in [0.05, 0.1) is 5.39 Å². The molecule has 7 nitrogen and oxygen atoms in total. The quantitative estimate of drug-likeness (QED) is 0.588. The second-order valence-corrected chi connectivity index (χ2v) is 8.53. The maximum absolute atomic E-state index is 13.5. The van der Waals surface area contributed by atoms with Crippen LogP contribution in [0.25, 0.3) is 11.0 Å². The summed E-state index contributed by atoms with van der Waals surface area (Å²) in [5.74, 6) is -1.32. The first-order valence-corrected chi connectivity index (χ1v) is 11.0. The van der Waals surface area contributed by atoms with Gasteiger partial charge in [0.15, 0.2) is 11.2 Å². The molecule has 0 saturated carbocycles. The minimum Gasteiger partial charge on any atom is -0.451 e. The largest absolute Gasteiger partial charge is 0.451 e. The Morgan fingerprint density at radius 2 is 1.91 bits per heavy atom. The van der Waals surface area contributed by atoms with Crippen molar-refractivity contribution in [1.29, 1.82) is 0 Å². The molecule has 0 radical (unpaired) electrons. The Bertz CT molecular complexity index is 1270. The van der Waals surface area contributed by atoms with Crippen molar-refractivity contribution in [2.24, 2.45) is 0 Å². The summed E-state index contributed by atoms with van der Waals surface area (Å²) in [6.07, 6.45) is 1.42. The van der Waals surface area contributed by atoms with Crippen molar-refractivity contribution in [1.82, 2.24) is 10.2 Å². The van der Waals surface area contributed by atoms with E-state index in [1.807, 2.05) is 6.07 Å². The van der Waals surface area contributed by atoms with Gasteiger partial charge in [-0.15, -0.1) is 0 Å². The highest BCUT2D eigenvalue weighted by molar-refractivity contribution is 6.31. The summed E-state index contributed by atoms with van der Waals surface area (Å²) in [6, 6.07) is 10.0. The van der Waals surface area contributed by atoms with Gasteiger partial charge in [0, 0.05) is 55.4 Å². The Morgan fingerprint density at radius 1 is 1.15 bits per heavy atom. The van der Waals surface area contributed by atoms with Gasteiger partial charge in [-0.05, 0) is 48.7 Å². The van der Waals surface area contributed by atoms with E-state index in [0.29, 0.717) is 30.1 Å². The predicted molar refractivity (Wildman–Crippen MR) is 124 cm³/mol. The van der Waals surface area contributed by atoms with Crippen LogP contribution in [0.15, 0.2) is 51.7 Å². The van der Waals surface area contributed by atoms with Gasteiger partial charge in [-0.3, -0.25) is 19.3 Å². The van der Waals surface area contributed by atoms with Gasteiger partial charge in [-0.25, -0.2) is 4.39 Å². The zero-order chi connectivity index (χ0) is 23.5. The molecule has 9 heteroatoms. The van der Waals surface area contributed by atoms with Crippen molar-refractivity contribution < 1.29 is 18.4 Å². The molecule has 4 rings (SSSR count). The second-order valence-electron chi connectivity index (χ2n) is 8.13. The molecule has 1 saturated heterocycles. The molecule has 2 aromatic carbocycles. The molecule has 0 spiro atoms. The third-order valence-electron chi connectivity index (χ3n) is 5.60. The Kier molecular flexibility index (Phi) is 6.76. The highest BCUT2D eigenvalue weighted by Crippen LogP contribution is 2.24. The summed E-state index contributed by atoms with van der Waals surface area (Å²) in [5.41, 5.74) is 1.26. The molecule has 1 fully saturated rings. The predicted octanol–water partition coefficient (Wildman–Crippen LogP) is 3.94. The number of nitrogens with zero attached hydrogens (tertiary/aromatic N) is 1. The molecular weight excluding hydrogens is 449 g/mol. The van der Waals surface area contributed by atoms with Gasteiger partial charge >= 0.3 is 0 Å². The second kappa shape index (κ2) is 9.72. The van der Waals surface area contributed by atoms with Crippen molar-refractivity contribution >= 4 is 40.1 Å². The maximum atomic E-state index is 13.5. The number of amides is 2. The number of anilines is 1. The number of carbonyl (C=O) groups is 2. The normalized spacial score (nSPS) is 14.9. The highest BCUT2D eigenvalue weighted by Gasteiger charge is 2.23. The smallest absolute Gasteiger partial charge is 0.287 e. The average Bonchev–Trinajstić information content (AvgIpc) is 2.76. The number of likely N-dealkylation sites (tertiary alicyclic amines) is 1. The summed E-state index contributed by atoms with van der Waals surface area (Å²) in [7, 11) is 0. The van der Waals surface area contributed by atoms with Crippen LogP contribution in [0.3, 0.4) is 0 Å². The van der Waals surface area contributed by atoms with Crippen LogP contribution in [-0.2, 0) is 11.3 Å². The fourth-order valence-electron chi connectivity index (χ4n) is 3.95. The minimum absolute atomic E-state index is 0.0424. The number of carbonyl (C=O) groups excluding carboxylic acids is 2. The number of piperidine rings is 1. The van der Waals surface area contributed by atoms with Crippen LogP contribution in [0.2, 0.25) is 5.02 Å². The topological polar surface area (TPSA) is 91.7 Å². The molecule has 0 bridgehead atoms. The first kappa shape index (κ1) is 22.9. The number of rotatable bonds is 5. The Hall–Kier alpha value is -3.23. The van der Waals surface area contributed by atoms with Crippen molar-refractivity contribution in [2.45, 2.75) is 32.4 Å². The summed E-state index contributed by atoms with van der Waals surface area (Å²) >= 11 is 6.33. The third-order valence-corrected chi connectivity index (χ3v) is 5.97. The number of hydrogen-bond acceptors (Lipinski definition) is 5. The van der Waals surface area contributed by atoms with Crippen molar-refractivity contribution in [2.75, 3.05) is 18.4 Å². The number of halogens is 2. The van der Waals surface area contributed by atoms with Crippen molar-refractivity contribution in [3.05, 3.63) is 74.9 Å². The third kappa shape index (κ3) is 5.58. The van der Waals surface area contributed by atoms with Gasteiger partial charge in [-0.2, -0.15) is 0 Å². The van der Waals surface area contributed by atoms with E-state index in [-0.39, 0.29) is 28.7 Å². The van der Waals surface area contributed by atoms with Gasteiger partial charge in [0.25, 0.3) is 5.91 Å².